The van der Waals surface area contributed by atoms with E-state index in [2.05, 4.69) is 0 Å². The summed E-state index contributed by atoms with van der Waals surface area (Å²) in [5.41, 5.74) is 0.668. The maximum absolute atomic E-state index is 9.65. The summed E-state index contributed by atoms with van der Waals surface area (Å²) in [7, 11) is 0. The van der Waals surface area contributed by atoms with Crippen molar-refractivity contribution in [2.24, 2.45) is 0 Å². The van der Waals surface area contributed by atoms with Crippen LogP contribution in [0.4, 0.5) is 0 Å². The Kier molecular flexibility index (Phi) is 4.05. The predicted octanol–water partition coefficient (Wildman–Crippen LogP) is 3.66. The third-order valence-electron chi connectivity index (χ3n) is 2.09. The Labute approximate surface area is 84.5 Å². The first-order chi connectivity index (χ1) is 6.75. The van der Waals surface area contributed by atoms with E-state index < -0.39 is 0 Å². The van der Waals surface area contributed by atoms with Crippen molar-refractivity contribution >= 4 is 5.76 Å². The number of hydrogen-bond acceptors (Lipinski definition) is 2. The van der Waals surface area contributed by atoms with Crippen molar-refractivity contribution in [1.82, 2.24) is 0 Å². The van der Waals surface area contributed by atoms with E-state index >= 15 is 0 Å². The van der Waals surface area contributed by atoms with Crippen molar-refractivity contribution in [2.75, 3.05) is 0 Å². The average molecular weight is 192 g/mol. The van der Waals surface area contributed by atoms with Crippen molar-refractivity contribution in [3.63, 3.8) is 0 Å². The highest BCUT2D eigenvalue weighted by atomic mass is 16.3. The molecule has 0 atom stereocenters. The molecule has 0 amide bonds. The monoisotopic (exact) mass is 192 g/mol. The Morgan fingerprint density at radius 3 is 2.36 bits per heavy atom. The highest BCUT2D eigenvalue weighted by Gasteiger charge is 2.04. The van der Waals surface area contributed by atoms with Gasteiger partial charge in [0.1, 0.15) is 5.76 Å². The highest BCUT2D eigenvalue weighted by Crippen LogP contribution is 2.17. The first kappa shape index (κ1) is 10.6. The van der Waals surface area contributed by atoms with E-state index in [1.807, 2.05) is 25.1 Å². The van der Waals surface area contributed by atoms with Crippen LogP contribution in [0.3, 0.4) is 0 Å². The summed E-state index contributed by atoms with van der Waals surface area (Å²) in [4.78, 5) is 0. The van der Waals surface area contributed by atoms with E-state index in [1.165, 1.54) is 0 Å². The molecule has 0 spiro atoms. The smallest absolute Gasteiger partial charge is 0.160 e. The molecule has 0 saturated carbocycles. The summed E-state index contributed by atoms with van der Waals surface area (Å²) < 4.78 is 0. The van der Waals surface area contributed by atoms with Gasteiger partial charge < -0.3 is 10.2 Å². The zero-order valence-corrected chi connectivity index (χ0v) is 8.40. The minimum Gasteiger partial charge on any atom is -0.508 e. The zero-order chi connectivity index (χ0) is 10.4. The molecule has 2 heteroatoms. The van der Waals surface area contributed by atoms with Gasteiger partial charge in [0.2, 0.25) is 0 Å². The Morgan fingerprint density at radius 2 is 1.79 bits per heavy atom. The molecule has 0 unspecified atom stereocenters. The lowest BCUT2D eigenvalue weighted by Gasteiger charge is -2.04. The molecule has 0 radical (unpaired) electrons. The molecule has 2 N–H and O–H groups in total. The Bertz CT molecular complexity index is 301. The first-order valence-electron chi connectivity index (χ1n) is 4.92. The van der Waals surface area contributed by atoms with Gasteiger partial charge in [0.05, 0.1) is 0 Å². The molecular weight excluding hydrogens is 176 g/mol. The van der Waals surface area contributed by atoms with Crippen LogP contribution in [0.1, 0.15) is 31.7 Å². The topological polar surface area (TPSA) is 40.5 Å². The zero-order valence-electron chi connectivity index (χ0n) is 8.40. The van der Waals surface area contributed by atoms with Crippen molar-refractivity contribution in [3.05, 3.63) is 41.7 Å². The van der Waals surface area contributed by atoms with E-state index in [0.29, 0.717) is 12.0 Å². The van der Waals surface area contributed by atoms with Crippen molar-refractivity contribution in [1.29, 1.82) is 0 Å². The van der Waals surface area contributed by atoms with Gasteiger partial charge in [-0.3, -0.25) is 0 Å². The molecule has 2 nitrogen and oxygen atoms in total. The lowest BCUT2D eigenvalue weighted by atomic mass is 10.1. The van der Waals surface area contributed by atoms with E-state index in [1.54, 1.807) is 12.1 Å². The molecule has 0 aromatic heterocycles. The summed E-state index contributed by atoms with van der Waals surface area (Å²) in [6.45, 7) is 2.05. The van der Waals surface area contributed by atoms with Gasteiger partial charge in [0.25, 0.3) is 0 Å². The molecule has 0 heterocycles. The maximum atomic E-state index is 9.65. The molecule has 0 aliphatic rings. The summed E-state index contributed by atoms with van der Waals surface area (Å²) in [6, 6.07) is 9.09. The number of aliphatic hydroxyl groups is 2. The molecule has 1 aromatic rings. The van der Waals surface area contributed by atoms with Crippen molar-refractivity contribution < 1.29 is 10.2 Å². The molecule has 0 saturated heterocycles. The number of allylic oxidation sites excluding steroid dienone is 1. The molecule has 1 rings (SSSR count). The van der Waals surface area contributed by atoms with Crippen molar-refractivity contribution in [2.45, 2.75) is 26.2 Å². The van der Waals surface area contributed by atoms with Crippen molar-refractivity contribution in [3.8, 4) is 0 Å². The fourth-order valence-corrected chi connectivity index (χ4v) is 1.23. The van der Waals surface area contributed by atoms with E-state index in [9.17, 15) is 10.2 Å². The van der Waals surface area contributed by atoms with Gasteiger partial charge in [-0.15, -0.1) is 0 Å². The number of benzene rings is 1. The lowest BCUT2D eigenvalue weighted by Crippen LogP contribution is -1.90. The standard InChI is InChI=1S/C12H16O2/c1-2-3-9-11(13)12(14)10-7-5-4-6-8-10/h4-8,13-14H,2-3,9H2,1H3. The minimum absolute atomic E-state index is 0.000880. The minimum atomic E-state index is -0.000880. The van der Waals surface area contributed by atoms with Gasteiger partial charge >= 0.3 is 0 Å². The summed E-state index contributed by atoms with van der Waals surface area (Å²) in [6.07, 6.45) is 2.44. The SMILES string of the molecule is CCCCC(O)=C(O)c1ccccc1. The molecule has 76 valence electrons. The van der Waals surface area contributed by atoms with Crippen LogP contribution in [0.25, 0.3) is 5.76 Å². The van der Waals surface area contributed by atoms with Gasteiger partial charge in [-0.05, 0) is 6.42 Å². The Morgan fingerprint density at radius 1 is 1.14 bits per heavy atom. The summed E-state index contributed by atoms with van der Waals surface area (Å²) in [5.74, 6) is 0.0806. The van der Waals surface area contributed by atoms with Crippen LogP contribution in [0.5, 0.6) is 0 Å². The lowest BCUT2D eigenvalue weighted by molar-refractivity contribution is 0.357. The van der Waals surface area contributed by atoms with Crippen LogP contribution in [0.15, 0.2) is 36.1 Å². The van der Waals surface area contributed by atoms with Crippen LogP contribution >= 0.6 is 0 Å². The average Bonchev–Trinajstić information content (AvgIpc) is 2.26. The molecule has 0 aliphatic carbocycles. The fraction of sp³-hybridized carbons (Fsp3) is 0.333. The molecular formula is C12H16O2. The molecule has 0 aliphatic heterocycles. The van der Waals surface area contributed by atoms with Crippen LogP contribution < -0.4 is 0 Å². The highest BCUT2D eigenvalue weighted by molar-refractivity contribution is 5.59. The Balaban J connectivity index is 2.77. The summed E-state index contributed by atoms with van der Waals surface area (Å²) >= 11 is 0. The summed E-state index contributed by atoms with van der Waals surface area (Å²) in [5, 5.41) is 19.2. The van der Waals surface area contributed by atoms with Gasteiger partial charge in [0.15, 0.2) is 5.76 Å². The van der Waals surface area contributed by atoms with Crippen LogP contribution in [-0.4, -0.2) is 10.2 Å². The third kappa shape index (κ3) is 2.80. The molecule has 1 aromatic carbocycles. The largest absolute Gasteiger partial charge is 0.508 e. The van der Waals surface area contributed by atoms with Gasteiger partial charge in [-0.1, -0.05) is 43.7 Å². The number of hydrogen-bond donors (Lipinski definition) is 2. The van der Waals surface area contributed by atoms with Gasteiger partial charge in [-0.25, -0.2) is 0 Å². The second-order valence-corrected chi connectivity index (χ2v) is 3.26. The van der Waals surface area contributed by atoms with Crippen LogP contribution in [0, 0.1) is 0 Å². The normalized spacial score (nSPS) is 12.4. The predicted molar refractivity (Wildman–Crippen MR) is 58.1 cm³/mol. The van der Waals surface area contributed by atoms with E-state index in [4.69, 9.17) is 0 Å². The molecule has 14 heavy (non-hydrogen) atoms. The number of rotatable bonds is 4. The quantitative estimate of drug-likeness (QED) is 0.715. The van der Waals surface area contributed by atoms with Crippen LogP contribution in [0.2, 0.25) is 0 Å². The Hall–Kier alpha value is -1.44. The second kappa shape index (κ2) is 5.32. The molecule has 0 fully saturated rings. The number of aliphatic hydroxyl groups excluding tert-OH is 2. The fourth-order valence-electron chi connectivity index (χ4n) is 1.23. The van der Waals surface area contributed by atoms with E-state index in [0.717, 1.165) is 12.8 Å². The van der Waals surface area contributed by atoms with Gasteiger partial charge in [0, 0.05) is 12.0 Å². The second-order valence-electron chi connectivity index (χ2n) is 3.26. The maximum Gasteiger partial charge on any atom is 0.160 e. The van der Waals surface area contributed by atoms with Gasteiger partial charge in [-0.2, -0.15) is 0 Å². The molecule has 0 bridgehead atoms. The first-order valence-corrected chi connectivity index (χ1v) is 4.92. The number of unbranched alkanes of at least 4 members (excludes halogenated alkanes) is 1. The van der Waals surface area contributed by atoms with E-state index in [-0.39, 0.29) is 11.5 Å². The third-order valence-corrected chi connectivity index (χ3v) is 2.09. The van der Waals surface area contributed by atoms with Crippen LogP contribution in [-0.2, 0) is 0 Å².